The van der Waals surface area contributed by atoms with Crippen molar-refractivity contribution in [3.8, 4) is 5.75 Å². The van der Waals surface area contributed by atoms with Crippen LogP contribution < -0.4 is 15.8 Å². The van der Waals surface area contributed by atoms with Crippen LogP contribution in [0.1, 0.15) is 43.5 Å². The van der Waals surface area contributed by atoms with Gasteiger partial charge in [-0.3, -0.25) is 4.79 Å². The van der Waals surface area contributed by atoms with Gasteiger partial charge in [-0.25, -0.2) is 0 Å². The van der Waals surface area contributed by atoms with Crippen molar-refractivity contribution in [3.05, 3.63) is 23.8 Å². The van der Waals surface area contributed by atoms with Gasteiger partial charge in [0.15, 0.2) is 5.75 Å². The van der Waals surface area contributed by atoms with Crippen LogP contribution in [-0.2, 0) is 0 Å². The van der Waals surface area contributed by atoms with E-state index in [0.29, 0.717) is 0 Å². The Balaban J connectivity index is 2.81. The molecule has 1 atom stereocenters. The standard InChI is InChI=1S/C14H19F3N2O2/c1-3-5-10(4-2)19-13(20)9-6-7-12(11(18)8-9)21-14(15,16)17/h6-8,10H,3-5,18H2,1-2H3,(H,19,20). The van der Waals surface area contributed by atoms with Crippen molar-refractivity contribution in [1.82, 2.24) is 5.32 Å². The molecule has 1 aromatic rings. The van der Waals surface area contributed by atoms with Gasteiger partial charge < -0.3 is 15.8 Å². The summed E-state index contributed by atoms with van der Waals surface area (Å²) in [7, 11) is 0. The molecule has 0 heterocycles. The van der Waals surface area contributed by atoms with Gasteiger partial charge in [0, 0.05) is 11.6 Å². The molecule has 1 amide bonds. The predicted octanol–water partition coefficient (Wildman–Crippen LogP) is 3.48. The SMILES string of the molecule is CCCC(CC)NC(=O)c1ccc(OC(F)(F)F)c(N)c1. The summed E-state index contributed by atoms with van der Waals surface area (Å²) in [6.45, 7) is 3.96. The molecule has 0 radical (unpaired) electrons. The van der Waals surface area contributed by atoms with Crippen molar-refractivity contribution in [1.29, 1.82) is 0 Å². The second kappa shape index (κ2) is 7.19. The number of benzene rings is 1. The summed E-state index contributed by atoms with van der Waals surface area (Å²) in [6.07, 6.45) is -2.26. The number of nitrogen functional groups attached to an aromatic ring is 1. The lowest BCUT2D eigenvalue weighted by atomic mass is 10.1. The monoisotopic (exact) mass is 304 g/mol. The molecule has 21 heavy (non-hydrogen) atoms. The predicted molar refractivity (Wildman–Crippen MR) is 74.0 cm³/mol. The molecule has 0 aliphatic carbocycles. The summed E-state index contributed by atoms with van der Waals surface area (Å²) in [5.74, 6) is -0.875. The Labute approximate surface area is 121 Å². The maximum Gasteiger partial charge on any atom is 0.573 e. The van der Waals surface area contributed by atoms with Crippen molar-refractivity contribution in [2.24, 2.45) is 0 Å². The van der Waals surface area contributed by atoms with E-state index in [1.54, 1.807) is 0 Å². The topological polar surface area (TPSA) is 64.3 Å². The van der Waals surface area contributed by atoms with Gasteiger partial charge in [0.05, 0.1) is 5.69 Å². The Morgan fingerprint density at radius 1 is 1.38 bits per heavy atom. The highest BCUT2D eigenvalue weighted by Gasteiger charge is 2.32. The molecule has 0 saturated heterocycles. The highest BCUT2D eigenvalue weighted by Crippen LogP contribution is 2.28. The molecule has 0 aromatic heterocycles. The average Bonchev–Trinajstić information content (AvgIpc) is 2.39. The van der Waals surface area contributed by atoms with Crippen molar-refractivity contribution < 1.29 is 22.7 Å². The number of rotatable bonds is 6. The number of anilines is 1. The van der Waals surface area contributed by atoms with Crippen LogP contribution in [0.2, 0.25) is 0 Å². The smallest absolute Gasteiger partial charge is 0.404 e. The van der Waals surface area contributed by atoms with Gasteiger partial charge in [-0.05, 0) is 31.0 Å². The number of halogens is 3. The maximum atomic E-state index is 12.1. The lowest BCUT2D eigenvalue weighted by Crippen LogP contribution is -2.34. The van der Waals surface area contributed by atoms with E-state index in [1.807, 2.05) is 13.8 Å². The van der Waals surface area contributed by atoms with E-state index < -0.39 is 12.1 Å². The summed E-state index contributed by atoms with van der Waals surface area (Å²) < 4.78 is 40.1. The zero-order chi connectivity index (χ0) is 16.0. The lowest BCUT2D eigenvalue weighted by Gasteiger charge is -2.17. The van der Waals surface area contributed by atoms with E-state index in [-0.39, 0.29) is 23.2 Å². The zero-order valence-electron chi connectivity index (χ0n) is 12.0. The first-order valence-corrected chi connectivity index (χ1v) is 6.73. The van der Waals surface area contributed by atoms with Crippen LogP contribution in [0.4, 0.5) is 18.9 Å². The molecule has 1 rings (SSSR count). The van der Waals surface area contributed by atoms with Crippen LogP contribution in [-0.4, -0.2) is 18.3 Å². The van der Waals surface area contributed by atoms with Gasteiger partial charge >= 0.3 is 6.36 Å². The molecule has 7 heteroatoms. The third-order valence-corrected chi connectivity index (χ3v) is 2.96. The molecule has 3 N–H and O–H groups in total. The number of amides is 1. The van der Waals surface area contributed by atoms with Gasteiger partial charge in [0.25, 0.3) is 5.91 Å². The van der Waals surface area contributed by atoms with Crippen molar-refractivity contribution >= 4 is 11.6 Å². The highest BCUT2D eigenvalue weighted by atomic mass is 19.4. The Hall–Kier alpha value is -1.92. The third-order valence-electron chi connectivity index (χ3n) is 2.96. The molecule has 1 unspecified atom stereocenters. The normalized spacial score (nSPS) is 12.8. The molecule has 118 valence electrons. The molecule has 0 saturated carbocycles. The van der Waals surface area contributed by atoms with Crippen molar-refractivity contribution in [2.75, 3.05) is 5.73 Å². The first kappa shape index (κ1) is 17.1. The van der Waals surface area contributed by atoms with E-state index >= 15 is 0 Å². The largest absolute Gasteiger partial charge is 0.573 e. The van der Waals surface area contributed by atoms with E-state index in [0.717, 1.165) is 25.3 Å². The second-order valence-corrected chi connectivity index (χ2v) is 4.67. The summed E-state index contributed by atoms with van der Waals surface area (Å²) in [6, 6.07) is 3.51. The van der Waals surface area contributed by atoms with Crippen molar-refractivity contribution in [2.45, 2.75) is 45.5 Å². The molecule has 0 fully saturated rings. The number of nitrogens with two attached hydrogens (primary N) is 1. The Morgan fingerprint density at radius 2 is 2.05 bits per heavy atom. The van der Waals surface area contributed by atoms with Crippen LogP contribution in [0.3, 0.4) is 0 Å². The minimum Gasteiger partial charge on any atom is -0.404 e. The molecular weight excluding hydrogens is 285 g/mol. The third kappa shape index (κ3) is 5.53. The summed E-state index contributed by atoms with van der Waals surface area (Å²) in [5, 5.41) is 2.82. The first-order valence-electron chi connectivity index (χ1n) is 6.73. The number of ether oxygens (including phenoxy) is 1. The molecule has 0 spiro atoms. The van der Waals surface area contributed by atoms with E-state index in [4.69, 9.17) is 5.73 Å². The lowest BCUT2D eigenvalue weighted by molar-refractivity contribution is -0.274. The Morgan fingerprint density at radius 3 is 2.52 bits per heavy atom. The van der Waals surface area contributed by atoms with Gasteiger partial charge in [-0.1, -0.05) is 20.3 Å². The van der Waals surface area contributed by atoms with E-state index in [9.17, 15) is 18.0 Å². The van der Waals surface area contributed by atoms with Crippen LogP contribution in [0, 0.1) is 0 Å². The quantitative estimate of drug-likeness (QED) is 0.791. The fourth-order valence-corrected chi connectivity index (χ4v) is 1.90. The number of hydrogen-bond donors (Lipinski definition) is 2. The molecule has 0 aliphatic rings. The number of hydrogen-bond acceptors (Lipinski definition) is 3. The van der Waals surface area contributed by atoms with E-state index in [2.05, 4.69) is 10.1 Å². The maximum absolute atomic E-state index is 12.1. The highest BCUT2D eigenvalue weighted by molar-refractivity contribution is 5.95. The first-order chi connectivity index (χ1) is 9.76. The van der Waals surface area contributed by atoms with Gasteiger partial charge in [0.1, 0.15) is 0 Å². The van der Waals surface area contributed by atoms with Crippen LogP contribution in [0.25, 0.3) is 0 Å². The van der Waals surface area contributed by atoms with Gasteiger partial charge in [-0.15, -0.1) is 13.2 Å². The number of carbonyl (C=O) groups is 1. The van der Waals surface area contributed by atoms with Crippen LogP contribution >= 0.6 is 0 Å². The summed E-state index contributed by atoms with van der Waals surface area (Å²) in [5.41, 5.74) is 5.46. The van der Waals surface area contributed by atoms with Gasteiger partial charge in [0.2, 0.25) is 0 Å². The zero-order valence-corrected chi connectivity index (χ0v) is 12.0. The average molecular weight is 304 g/mol. The molecule has 1 aromatic carbocycles. The number of carbonyl (C=O) groups excluding carboxylic acids is 1. The Bertz CT molecular complexity index is 490. The Kier molecular flexibility index (Phi) is 5.87. The summed E-state index contributed by atoms with van der Waals surface area (Å²) >= 11 is 0. The molecule has 4 nitrogen and oxygen atoms in total. The molecule has 0 bridgehead atoms. The minimum atomic E-state index is -4.81. The number of alkyl halides is 3. The van der Waals surface area contributed by atoms with E-state index in [1.165, 1.54) is 12.1 Å². The molecule has 0 aliphatic heterocycles. The van der Waals surface area contributed by atoms with Crippen LogP contribution in [0.15, 0.2) is 18.2 Å². The minimum absolute atomic E-state index is 0.0369. The van der Waals surface area contributed by atoms with Crippen molar-refractivity contribution in [3.63, 3.8) is 0 Å². The number of nitrogens with one attached hydrogen (secondary N) is 1. The molecular formula is C14H19F3N2O2. The fourth-order valence-electron chi connectivity index (χ4n) is 1.90. The van der Waals surface area contributed by atoms with Gasteiger partial charge in [-0.2, -0.15) is 0 Å². The fraction of sp³-hybridized carbons (Fsp3) is 0.500. The second-order valence-electron chi connectivity index (χ2n) is 4.67. The summed E-state index contributed by atoms with van der Waals surface area (Å²) in [4.78, 5) is 12.0. The van der Waals surface area contributed by atoms with Crippen LogP contribution in [0.5, 0.6) is 5.75 Å².